The molecule has 378 valence electrons. The van der Waals surface area contributed by atoms with Crippen LogP contribution >= 0.6 is 11.6 Å². The van der Waals surface area contributed by atoms with E-state index in [4.69, 9.17) is 16.3 Å². The van der Waals surface area contributed by atoms with E-state index >= 15 is 4.39 Å². The van der Waals surface area contributed by atoms with Crippen LogP contribution in [0.1, 0.15) is 128 Å². The highest BCUT2D eigenvalue weighted by Gasteiger charge is 2.62. The van der Waals surface area contributed by atoms with Crippen LogP contribution in [-0.4, -0.2) is 88.2 Å². The van der Waals surface area contributed by atoms with Gasteiger partial charge in [0.15, 0.2) is 0 Å². The van der Waals surface area contributed by atoms with Crippen LogP contribution < -0.4 is 26.0 Å². The van der Waals surface area contributed by atoms with E-state index in [1.165, 1.54) is 17.2 Å². The fourth-order valence-electron chi connectivity index (χ4n) is 11.2. The van der Waals surface area contributed by atoms with E-state index < -0.39 is 59.0 Å². The molecule has 3 fully saturated rings. The molecule has 9 rings (SSSR count). The first-order valence-electron chi connectivity index (χ1n) is 24.3. The molecule has 5 aliphatic rings. The van der Waals surface area contributed by atoms with Gasteiger partial charge >= 0.3 is 6.18 Å². The quantitative estimate of drug-likeness (QED) is 0.0731. The molecule has 5 amide bonds. The number of pyridine rings is 1. The van der Waals surface area contributed by atoms with Crippen LogP contribution in [0.5, 0.6) is 5.75 Å². The fraction of sp³-hybridized carbons (Fsp3) is 0.444. The van der Waals surface area contributed by atoms with Gasteiger partial charge in [-0.1, -0.05) is 62.4 Å². The predicted octanol–water partition coefficient (Wildman–Crippen LogP) is 8.60. The number of likely N-dealkylation sites (tertiary alicyclic amines) is 1. The summed E-state index contributed by atoms with van der Waals surface area (Å²) in [6, 6.07) is 13.2. The summed E-state index contributed by atoms with van der Waals surface area (Å²) < 4.78 is 64.5. The van der Waals surface area contributed by atoms with Gasteiger partial charge in [0, 0.05) is 90.5 Å². The average Bonchev–Trinajstić information content (AvgIpc) is 3.97. The molecule has 0 saturated carbocycles. The minimum atomic E-state index is -4.71. The lowest BCUT2D eigenvalue weighted by Gasteiger charge is -2.39. The Kier molecular flexibility index (Phi) is 13.7. The molecule has 6 atom stereocenters. The summed E-state index contributed by atoms with van der Waals surface area (Å²) in [5.41, 5.74) is 0.639. The normalized spacial score (nSPS) is 23.9. The van der Waals surface area contributed by atoms with Gasteiger partial charge in [-0.05, 0) is 104 Å². The summed E-state index contributed by atoms with van der Waals surface area (Å²) in [5.74, 6) is 3.18. The van der Waals surface area contributed by atoms with Gasteiger partial charge in [0.1, 0.15) is 23.3 Å². The monoisotopic (exact) mass is 1010 g/mol. The Balaban J connectivity index is 0.946. The summed E-state index contributed by atoms with van der Waals surface area (Å²) >= 11 is 6.40. The summed E-state index contributed by atoms with van der Waals surface area (Å²) in [5, 5.41) is 11.8. The molecule has 3 saturated heterocycles. The number of nitrogens with one attached hydrogen (secondary N) is 4. The number of hydrogen-bond acceptors (Lipinski definition) is 9. The number of fused-ring (bicyclic) bond motifs is 3. The van der Waals surface area contributed by atoms with E-state index in [1.807, 2.05) is 40.7 Å². The van der Waals surface area contributed by atoms with Crippen LogP contribution in [0.4, 0.5) is 28.9 Å². The van der Waals surface area contributed by atoms with Gasteiger partial charge in [-0.15, -0.1) is 0 Å². The number of amides is 5. The van der Waals surface area contributed by atoms with Crippen molar-refractivity contribution < 1.29 is 46.3 Å². The molecule has 0 bridgehead atoms. The van der Waals surface area contributed by atoms with Crippen molar-refractivity contribution in [1.29, 1.82) is 0 Å². The minimum absolute atomic E-state index is 0.0598. The second kappa shape index (κ2) is 19.5. The number of nitrogens with zero attached hydrogens (tertiary/aromatic N) is 3. The molecule has 13 nitrogen and oxygen atoms in total. The van der Waals surface area contributed by atoms with E-state index in [0.717, 1.165) is 24.5 Å². The third-order valence-corrected chi connectivity index (χ3v) is 14.7. The lowest BCUT2D eigenvalue weighted by Crippen LogP contribution is -2.52. The molecule has 6 heterocycles. The number of anilines is 2. The number of carbonyl (C=O) groups is 5. The van der Waals surface area contributed by atoms with Crippen molar-refractivity contribution in [3.63, 3.8) is 0 Å². The van der Waals surface area contributed by atoms with Gasteiger partial charge in [0.05, 0.1) is 22.9 Å². The van der Waals surface area contributed by atoms with Crippen molar-refractivity contribution >= 4 is 52.5 Å². The van der Waals surface area contributed by atoms with Gasteiger partial charge in [-0.25, -0.2) is 4.39 Å². The van der Waals surface area contributed by atoms with Crippen LogP contribution in [-0.2, 0) is 32.5 Å². The lowest BCUT2D eigenvalue weighted by molar-refractivity contribution is -0.141. The van der Waals surface area contributed by atoms with Crippen LogP contribution in [0.2, 0.25) is 5.02 Å². The molecular formula is C54H56ClF4N7O6. The van der Waals surface area contributed by atoms with Crippen molar-refractivity contribution in [2.75, 3.05) is 30.3 Å². The van der Waals surface area contributed by atoms with Gasteiger partial charge in [-0.3, -0.25) is 34.3 Å². The van der Waals surface area contributed by atoms with Crippen molar-refractivity contribution in [2.45, 2.75) is 121 Å². The smallest absolute Gasteiger partial charge is 0.433 e. The maximum atomic E-state index is 16.4. The minimum Gasteiger partial charge on any atom is -0.489 e. The van der Waals surface area contributed by atoms with Crippen LogP contribution in [0.3, 0.4) is 0 Å². The molecule has 4 aromatic rings. The number of ether oxygens (including phenoxy) is 1. The molecule has 5 aliphatic heterocycles. The topological polar surface area (TPSA) is 162 Å². The first-order valence-corrected chi connectivity index (χ1v) is 24.7. The molecule has 4 N–H and O–H groups in total. The Labute approximate surface area is 420 Å². The van der Waals surface area contributed by atoms with Gasteiger partial charge in [0.2, 0.25) is 17.7 Å². The maximum Gasteiger partial charge on any atom is 0.433 e. The van der Waals surface area contributed by atoms with Crippen LogP contribution in [0.25, 0.3) is 0 Å². The van der Waals surface area contributed by atoms with Gasteiger partial charge < -0.3 is 30.5 Å². The number of carbonyl (C=O) groups excluding carboxylic acids is 5. The van der Waals surface area contributed by atoms with E-state index in [2.05, 4.69) is 38.1 Å². The maximum absolute atomic E-state index is 16.4. The Morgan fingerprint density at radius 1 is 1.04 bits per heavy atom. The zero-order chi connectivity index (χ0) is 51.4. The Morgan fingerprint density at radius 3 is 2.56 bits per heavy atom. The number of piperidine rings is 2. The largest absolute Gasteiger partial charge is 0.489 e. The highest BCUT2D eigenvalue weighted by Crippen LogP contribution is 2.57. The third-order valence-electron chi connectivity index (χ3n) is 14.4. The van der Waals surface area contributed by atoms with Crippen molar-refractivity contribution in [3.8, 4) is 17.6 Å². The second-order valence-electron chi connectivity index (χ2n) is 21.0. The highest BCUT2D eigenvalue weighted by molar-refractivity contribution is 6.30. The molecule has 3 aromatic carbocycles. The number of aromatic nitrogens is 1. The Hall–Kier alpha value is -6.51. The molecule has 72 heavy (non-hydrogen) atoms. The predicted molar refractivity (Wildman–Crippen MR) is 262 cm³/mol. The number of imide groups is 1. The second-order valence-corrected chi connectivity index (χ2v) is 21.4. The molecule has 0 radical (unpaired) electrons. The van der Waals surface area contributed by atoms with Crippen molar-refractivity contribution in [2.24, 2.45) is 11.3 Å². The van der Waals surface area contributed by atoms with E-state index in [-0.39, 0.29) is 88.8 Å². The van der Waals surface area contributed by atoms with Crippen molar-refractivity contribution in [1.82, 2.24) is 25.4 Å². The average molecular weight is 1010 g/mol. The first-order chi connectivity index (χ1) is 34.1. The Bertz CT molecular complexity index is 2930. The summed E-state index contributed by atoms with van der Waals surface area (Å²) in [6.07, 6.45) is -0.941. The van der Waals surface area contributed by atoms with Gasteiger partial charge in [0.25, 0.3) is 11.8 Å². The standard InChI is InChI=1S/C54H56ClF4N7O6/c1-29(2)72-41-22-32(50(70)65-21-9-11-30(26-65)10-6-12-31-13-7-14-33-35(31)27-66(51(33)71)40-19-20-44(67)64-48(40)68)17-18-38(41)62-49(69)47-45(34-15-8-16-37(55)46(34)56)53(43(63-47)24-52(3,4)5)28-61-39-23-42(54(57,58)59)60-25-36(39)53/h7-8,13-18,22-23,25,29-30,40,43,45,47,61,63H,9-11,19-21,24,26-28H2,1-5H3,(H,62,69)(H,64,67,68)/t30-,40?,43+,45+,47-,53+/m1/s1. The van der Waals surface area contributed by atoms with E-state index in [1.54, 1.807) is 47.4 Å². The first kappa shape index (κ1) is 50.4. The van der Waals surface area contributed by atoms with Crippen LogP contribution in [0, 0.1) is 29.0 Å². The molecule has 1 unspecified atom stereocenters. The zero-order valence-electron chi connectivity index (χ0n) is 40.6. The number of benzene rings is 3. The number of halogens is 5. The highest BCUT2D eigenvalue weighted by atomic mass is 35.5. The molecule has 1 spiro atoms. The summed E-state index contributed by atoms with van der Waals surface area (Å²) in [4.78, 5) is 74.0. The van der Waals surface area contributed by atoms with Gasteiger partial charge in [-0.2, -0.15) is 13.2 Å². The number of rotatable bonds is 9. The molecule has 18 heteroatoms. The molecule has 1 aromatic heterocycles. The fourth-order valence-corrected chi connectivity index (χ4v) is 11.4. The van der Waals surface area contributed by atoms with E-state index in [0.29, 0.717) is 48.2 Å². The number of alkyl halides is 3. The summed E-state index contributed by atoms with van der Waals surface area (Å²) in [6.45, 7) is 10.9. The Morgan fingerprint density at radius 2 is 1.82 bits per heavy atom. The summed E-state index contributed by atoms with van der Waals surface area (Å²) in [7, 11) is 0. The molecular weight excluding hydrogens is 954 g/mol. The van der Waals surface area contributed by atoms with Crippen molar-refractivity contribution in [3.05, 3.63) is 117 Å². The third kappa shape index (κ3) is 9.75. The zero-order valence-corrected chi connectivity index (χ0v) is 41.3. The lowest BCUT2D eigenvalue weighted by atomic mass is 9.63. The molecule has 0 aliphatic carbocycles. The van der Waals surface area contributed by atoms with Crippen LogP contribution in [0.15, 0.2) is 66.9 Å². The SMILES string of the molecule is CC(C)Oc1cc(C(=O)N2CCC[C@@H](CC#Cc3cccc4c3CN(C3CCC(=O)NC3=O)C4=O)C2)ccc1NC(=O)[C@@H]1N[C@@H](CC(C)(C)C)[C@@]2(CNc3cc(C(F)(F)F)ncc32)[C@H]1c1cccc(Cl)c1F. The van der Waals surface area contributed by atoms with E-state index in [9.17, 15) is 37.1 Å². The number of hydrogen-bond donors (Lipinski definition) is 4.